The molecule has 0 radical (unpaired) electrons. The lowest BCUT2D eigenvalue weighted by Gasteiger charge is -2.05. The molecule has 4 rings (SSSR count). The number of benzene rings is 1. The summed E-state index contributed by atoms with van der Waals surface area (Å²) in [6.45, 7) is 0. The maximum Gasteiger partial charge on any atom is 0.323 e. The van der Waals surface area contributed by atoms with Crippen molar-refractivity contribution in [2.45, 2.75) is 19.3 Å². The molecule has 0 aliphatic heterocycles. The van der Waals surface area contributed by atoms with Crippen LogP contribution in [0.2, 0.25) is 0 Å². The minimum absolute atomic E-state index is 0.216. The molecule has 2 saturated carbocycles. The first-order valence-corrected chi connectivity index (χ1v) is 7.40. The summed E-state index contributed by atoms with van der Waals surface area (Å²) >= 11 is 3.45. The molecule has 2 unspecified atom stereocenters. The van der Waals surface area contributed by atoms with Gasteiger partial charge in [-0.05, 0) is 52.7 Å². The number of fused-ring (bicyclic) bond motifs is 2. The van der Waals surface area contributed by atoms with Gasteiger partial charge >= 0.3 is 5.69 Å². The second kappa shape index (κ2) is 3.82. The van der Waals surface area contributed by atoms with Gasteiger partial charge in [-0.25, -0.2) is 4.79 Å². The highest BCUT2D eigenvalue weighted by molar-refractivity contribution is 9.10. The van der Waals surface area contributed by atoms with E-state index >= 15 is 0 Å². The molecule has 2 atom stereocenters. The van der Waals surface area contributed by atoms with Crippen molar-refractivity contribution in [3.63, 3.8) is 0 Å². The molecule has 2 fully saturated rings. The van der Waals surface area contributed by atoms with Crippen LogP contribution in [0, 0.1) is 17.8 Å². The number of H-pyrrole nitrogens is 2. The number of rotatable bonds is 2. The van der Waals surface area contributed by atoms with Gasteiger partial charge in [0, 0.05) is 16.0 Å². The van der Waals surface area contributed by atoms with E-state index in [1.165, 1.54) is 19.3 Å². The number of Topliss-reactive ketones (excluding diaryl/α,β-unsaturated/α-hetero) is 1. The van der Waals surface area contributed by atoms with Gasteiger partial charge in [0.25, 0.3) is 0 Å². The Balaban J connectivity index is 1.76. The first-order chi connectivity index (χ1) is 9.15. The zero-order chi connectivity index (χ0) is 13.1. The highest BCUT2D eigenvalue weighted by atomic mass is 79.9. The summed E-state index contributed by atoms with van der Waals surface area (Å²) in [7, 11) is 0. The molecule has 2 N–H and O–H groups in total. The number of ketones is 1. The van der Waals surface area contributed by atoms with E-state index in [4.69, 9.17) is 0 Å². The van der Waals surface area contributed by atoms with E-state index < -0.39 is 0 Å². The largest absolute Gasteiger partial charge is 0.323 e. The van der Waals surface area contributed by atoms with Gasteiger partial charge in [0.15, 0.2) is 5.78 Å². The Bertz CT molecular complexity index is 735. The predicted molar refractivity (Wildman–Crippen MR) is 75.3 cm³/mol. The fourth-order valence-electron chi connectivity index (χ4n) is 3.63. The number of carbonyl (C=O) groups is 1. The zero-order valence-electron chi connectivity index (χ0n) is 10.2. The molecule has 98 valence electrons. The lowest BCUT2D eigenvalue weighted by atomic mass is 10.0. The summed E-state index contributed by atoms with van der Waals surface area (Å²) in [6.07, 6.45) is 3.66. The smallest absolute Gasteiger partial charge is 0.306 e. The third-order valence-corrected chi connectivity index (χ3v) is 5.23. The van der Waals surface area contributed by atoms with Crippen LogP contribution in [-0.2, 0) is 0 Å². The molecule has 1 aromatic heterocycles. The summed E-state index contributed by atoms with van der Waals surface area (Å²) in [5, 5.41) is 0. The van der Waals surface area contributed by atoms with E-state index in [1.807, 2.05) is 0 Å². The van der Waals surface area contributed by atoms with Gasteiger partial charge in [-0.2, -0.15) is 0 Å². The second-order valence-electron chi connectivity index (χ2n) is 5.61. The number of imidazole rings is 1. The van der Waals surface area contributed by atoms with Crippen molar-refractivity contribution in [1.29, 1.82) is 0 Å². The minimum atomic E-state index is -0.241. The molecule has 1 heterocycles. The lowest BCUT2D eigenvalue weighted by Crippen LogP contribution is -2.07. The van der Waals surface area contributed by atoms with Crippen LogP contribution >= 0.6 is 15.9 Å². The maximum atomic E-state index is 12.6. The summed E-state index contributed by atoms with van der Waals surface area (Å²) in [5.41, 5.74) is 1.88. The van der Waals surface area contributed by atoms with Crippen molar-refractivity contribution in [1.82, 2.24) is 9.97 Å². The number of nitrogens with one attached hydrogen (secondary N) is 2. The van der Waals surface area contributed by atoms with Gasteiger partial charge in [-0.1, -0.05) is 6.42 Å². The van der Waals surface area contributed by atoms with E-state index in [-0.39, 0.29) is 17.4 Å². The molecule has 0 amide bonds. The summed E-state index contributed by atoms with van der Waals surface area (Å²) < 4.78 is 0.769. The number of halogens is 1. The van der Waals surface area contributed by atoms with Crippen LogP contribution in [-0.4, -0.2) is 15.8 Å². The zero-order valence-corrected chi connectivity index (χ0v) is 11.8. The van der Waals surface area contributed by atoms with Crippen molar-refractivity contribution >= 4 is 32.7 Å². The Morgan fingerprint density at radius 1 is 1.16 bits per heavy atom. The number of aromatic nitrogens is 2. The number of hydrogen-bond donors (Lipinski definition) is 2. The van der Waals surface area contributed by atoms with Crippen molar-refractivity contribution in [3.8, 4) is 0 Å². The van der Waals surface area contributed by atoms with E-state index in [0.29, 0.717) is 22.9 Å². The number of carbonyl (C=O) groups excluding carboxylic acids is 1. The molecule has 0 bridgehead atoms. The lowest BCUT2D eigenvalue weighted by molar-refractivity contribution is 0.0951. The number of hydrogen-bond acceptors (Lipinski definition) is 2. The van der Waals surface area contributed by atoms with Gasteiger partial charge in [-0.3, -0.25) is 4.79 Å². The molecule has 19 heavy (non-hydrogen) atoms. The fraction of sp³-hybridized carbons (Fsp3) is 0.429. The Hall–Kier alpha value is -1.36. The molecule has 1 aromatic carbocycles. The Labute approximate surface area is 117 Å². The molecule has 0 saturated heterocycles. The van der Waals surface area contributed by atoms with E-state index in [2.05, 4.69) is 25.9 Å². The predicted octanol–water partition coefficient (Wildman–Crippen LogP) is 2.85. The Kier molecular flexibility index (Phi) is 2.31. The van der Waals surface area contributed by atoms with Crippen molar-refractivity contribution in [2.24, 2.45) is 17.8 Å². The molecule has 2 aliphatic rings. The van der Waals surface area contributed by atoms with Gasteiger partial charge in [0.2, 0.25) is 0 Å². The normalized spacial score (nSPS) is 28.6. The van der Waals surface area contributed by atoms with Crippen LogP contribution in [0.4, 0.5) is 0 Å². The number of aromatic amines is 2. The van der Waals surface area contributed by atoms with Gasteiger partial charge in [0.05, 0.1) is 11.0 Å². The highest BCUT2D eigenvalue weighted by Gasteiger charge is 2.56. The van der Waals surface area contributed by atoms with Crippen LogP contribution in [0.25, 0.3) is 11.0 Å². The average Bonchev–Trinajstić information content (AvgIpc) is 2.72. The standard InChI is InChI=1S/C14H13BrN2O2/c15-9-5-11-10(16-14(19)17-11)4-8(9)13(18)12-6-2-1-3-7(6)12/h4-7,12H,1-3H2,(H2,16,17,19). The van der Waals surface area contributed by atoms with E-state index in [1.54, 1.807) is 12.1 Å². The Morgan fingerprint density at radius 3 is 2.47 bits per heavy atom. The summed E-state index contributed by atoms with van der Waals surface area (Å²) in [5.74, 6) is 1.67. The minimum Gasteiger partial charge on any atom is -0.306 e. The average molecular weight is 321 g/mol. The molecule has 0 spiro atoms. The molecular formula is C14H13BrN2O2. The van der Waals surface area contributed by atoms with Crippen molar-refractivity contribution < 1.29 is 4.79 Å². The van der Waals surface area contributed by atoms with Gasteiger partial charge < -0.3 is 9.97 Å². The van der Waals surface area contributed by atoms with Crippen LogP contribution in [0.15, 0.2) is 21.4 Å². The Morgan fingerprint density at radius 2 is 1.79 bits per heavy atom. The highest BCUT2D eigenvalue weighted by Crippen LogP contribution is 2.58. The van der Waals surface area contributed by atoms with Crippen LogP contribution in [0.1, 0.15) is 29.6 Å². The second-order valence-corrected chi connectivity index (χ2v) is 6.46. The van der Waals surface area contributed by atoms with E-state index in [0.717, 1.165) is 9.99 Å². The molecule has 2 aromatic rings. The third-order valence-electron chi connectivity index (χ3n) is 4.58. The quantitative estimate of drug-likeness (QED) is 0.835. The monoisotopic (exact) mass is 320 g/mol. The summed E-state index contributed by atoms with van der Waals surface area (Å²) in [6, 6.07) is 3.59. The third kappa shape index (κ3) is 1.64. The SMILES string of the molecule is O=C(c1cc2[nH]c(=O)[nH]c2cc1Br)C1C2CCCC21. The van der Waals surface area contributed by atoms with E-state index in [9.17, 15) is 9.59 Å². The van der Waals surface area contributed by atoms with Crippen LogP contribution in [0.3, 0.4) is 0 Å². The molecule has 2 aliphatic carbocycles. The first-order valence-electron chi connectivity index (χ1n) is 6.61. The fourth-order valence-corrected chi connectivity index (χ4v) is 4.17. The molecule has 5 heteroatoms. The van der Waals surface area contributed by atoms with Crippen LogP contribution in [0.5, 0.6) is 0 Å². The molecular weight excluding hydrogens is 308 g/mol. The first kappa shape index (κ1) is 11.5. The van der Waals surface area contributed by atoms with Crippen molar-refractivity contribution in [3.05, 3.63) is 32.7 Å². The van der Waals surface area contributed by atoms with Gasteiger partial charge in [-0.15, -0.1) is 0 Å². The maximum absolute atomic E-state index is 12.6. The van der Waals surface area contributed by atoms with Gasteiger partial charge in [0.1, 0.15) is 0 Å². The summed E-state index contributed by atoms with van der Waals surface area (Å²) in [4.78, 5) is 29.2. The van der Waals surface area contributed by atoms with Crippen molar-refractivity contribution in [2.75, 3.05) is 0 Å². The molecule has 4 nitrogen and oxygen atoms in total. The van der Waals surface area contributed by atoms with Crippen LogP contribution < -0.4 is 5.69 Å². The topological polar surface area (TPSA) is 65.7 Å².